The van der Waals surface area contributed by atoms with Gasteiger partial charge in [-0.1, -0.05) is 0 Å². The summed E-state index contributed by atoms with van der Waals surface area (Å²) in [5.41, 5.74) is 1.20. The van der Waals surface area contributed by atoms with Crippen LogP contribution in [0.4, 0.5) is 10.1 Å². The van der Waals surface area contributed by atoms with E-state index in [1.54, 1.807) is 30.5 Å². The topological polar surface area (TPSA) is 53.7 Å². The molecule has 0 atom stereocenters. The van der Waals surface area contributed by atoms with Gasteiger partial charge in [0.05, 0.1) is 23.8 Å². The van der Waals surface area contributed by atoms with E-state index >= 15 is 0 Å². The Kier molecular flexibility index (Phi) is 3.32. The first kappa shape index (κ1) is 12.2. The monoisotopic (exact) mass is 249 g/mol. The number of rotatable bonds is 4. The van der Waals surface area contributed by atoms with Crippen LogP contribution in [0.25, 0.3) is 0 Å². The number of anilines is 1. The molecule has 4 nitrogen and oxygen atoms in total. The Hall–Kier alpha value is -2.30. The van der Waals surface area contributed by atoms with Crippen molar-refractivity contribution in [3.05, 3.63) is 53.7 Å². The molecule has 1 aromatic heterocycles. The van der Waals surface area contributed by atoms with E-state index in [1.165, 1.54) is 12.1 Å². The number of furan rings is 1. The zero-order valence-corrected chi connectivity index (χ0v) is 9.76. The summed E-state index contributed by atoms with van der Waals surface area (Å²) >= 11 is 0. The number of benzene rings is 1. The summed E-state index contributed by atoms with van der Waals surface area (Å²) in [6, 6.07) is 5.65. The van der Waals surface area contributed by atoms with Crippen molar-refractivity contribution in [3.63, 3.8) is 0 Å². The molecule has 0 aliphatic rings. The number of hydrogen-bond donors (Lipinski definition) is 1. The minimum Gasteiger partial charge on any atom is -0.478 e. The number of carboxylic acids is 1. The second-order valence-corrected chi connectivity index (χ2v) is 3.96. The number of carbonyl (C=O) groups is 1. The van der Waals surface area contributed by atoms with E-state index in [-0.39, 0.29) is 5.56 Å². The molecule has 94 valence electrons. The molecule has 2 rings (SSSR count). The lowest BCUT2D eigenvalue weighted by molar-refractivity contribution is 0.0696. The maximum atomic E-state index is 13.8. The lowest BCUT2D eigenvalue weighted by Gasteiger charge is -2.19. The zero-order valence-electron chi connectivity index (χ0n) is 9.76. The van der Waals surface area contributed by atoms with E-state index < -0.39 is 11.8 Å². The van der Waals surface area contributed by atoms with Gasteiger partial charge >= 0.3 is 5.97 Å². The fourth-order valence-corrected chi connectivity index (χ4v) is 1.69. The third-order valence-electron chi connectivity index (χ3n) is 2.61. The molecule has 0 aliphatic carbocycles. The van der Waals surface area contributed by atoms with Gasteiger partial charge in [-0.3, -0.25) is 0 Å². The summed E-state index contributed by atoms with van der Waals surface area (Å²) in [6.07, 6.45) is 3.13. The van der Waals surface area contributed by atoms with Crippen LogP contribution in [0.15, 0.2) is 41.2 Å². The molecule has 1 aromatic carbocycles. The maximum absolute atomic E-state index is 13.8. The van der Waals surface area contributed by atoms with Gasteiger partial charge in [0, 0.05) is 19.2 Å². The van der Waals surface area contributed by atoms with E-state index in [0.717, 1.165) is 11.6 Å². The van der Waals surface area contributed by atoms with Gasteiger partial charge in [0.1, 0.15) is 5.82 Å². The second-order valence-electron chi connectivity index (χ2n) is 3.96. The van der Waals surface area contributed by atoms with E-state index in [9.17, 15) is 9.18 Å². The van der Waals surface area contributed by atoms with Gasteiger partial charge in [0.2, 0.25) is 0 Å². The van der Waals surface area contributed by atoms with Crippen molar-refractivity contribution < 1.29 is 18.7 Å². The normalized spacial score (nSPS) is 10.3. The van der Waals surface area contributed by atoms with Crippen LogP contribution in [0, 0.1) is 5.82 Å². The Balaban J connectivity index is 2.20. The molecular formula is C13H12FNO3. The molecule has 2 aromatic rings. The molecule has 0 amide bonds. The Morgan fingerprint density at radius 2 is 2.22 bits per heavy atom. The molecule has 18 heavy (non-hydrogen) atoms. The minimum absolute atomic E-state index is 0.0621. The van der Waals surface area contributed by atoms with Gasteiger partial charge in [0.25, 0.3) is 0 Å². The summed E-state index contributed by atoms with van der Waals surface area (Å²) in [7, 11) is 1.73. The molecule has 1 heterocycles. The van der Waals surface area contributed by atoms with Gasteiger partial charge in [-0.05, 0) is 24.3 Å². The fourth-order valence-electron chi connectivity index (χ4n) is 1.69. The largest absolute Gasteiger partial charge is 0.478 e. The van der Waals surface area contributed by atoms with E-state index in [4.69, 9.17) is 9.52 Å². The van der Waals surface area contributed by atoms with Crippen LogP contribution in [0.5, 0.6) is 0 Å². The molecule has 0 unspecified atom stereocenters. The van der Waals surface area contributed by atoms with Crippen LogP contribution >= 0.6 is 0 Å². The molecule has 1 N–H and O–H groups in total. The molecule has 0 bridgehead atoms. The highest BCUT2D eigenvalue weighted by atomic mass is 19.1. The summed E-state index contributed by atoms with van der Waals surface area (Å²) in [6.45, 7) is 0.486. The summed E-state index contributed by atoms with van der Waals surface area (Å²) in [5.74, 6) is -1.70. The highest BCUT2D eigenvalue weighted by Crippen LogP contribution is 2.21. The van der Waals surface area contributed by atoms with Crippen molar-refractivity contribution >= 4 is 11.7 Å². The Morgan fingerprint density at radius 3 is 2.78 bits per heavy atom. The molecule has 0 spiro atoms. The molecule has 0 saturated carbocycles. The lowest BCUT2D eigenvalue weighted by atomic mass is 10.2. The Morgan fingerprint density at radius 1 is 1.44 bits per heavy atom. The van der Waals surface area contributed by atoms with Crippen LogP contribution in [0.2, 0.25) is 0 Å². The number of carboxylic acid groups (broad SMARTS) is 1. The van der Waals surface area contributed by atoms with E-state index in [2.05, 4.69) is 0 Å². The van der Waals surface area contributed by atoms with Crippen LogP contribution in [-0.2, 0) is 6.54 Å². The highest BCUT2D eigenvalue weighted by molar-refractivity contribution is 5.88. The molecule has 0 aliphatic heterocycles. The van der Waals surface area contributed by atoms with Gasteiger partial charge < -0.3 is 14.4 Å². The van der Waals surface area contributed by atoms with Crippen LogP contribution in [0.3, 0.4) is 0 Å². The third-order valence-corrected chi connectivity index (χ3v) is 2.61. The predicted octanol–water partition coefficient (Wildman–Crippen LogP) is 2.75. The van der Waals surface area contributed by atoms with Crippen LogP contribution in [0.1, 0.15) is 15.9 Å². The summed E-state index contributed by atoms with van der Waals surface area (Å²) < 4.78 is 18.7. The first-order valence-corrected chi connectivity index (χ1v) is 5.33. The van der Waals surface area contributed by atoms with Crippen molar-refractivity contribution in [3.8, 4) is 0 Å². The first-order valence-electron chi connectivity index (χ1n) is 5.33. The molecule has 0 saturated heterocycles. The van der Waals surface area contributed by atoms with Gasteiger partial charge in [-0.15, -0.1) is 0 Å². The number of nitrogens with zero attached hydrogens (tertiary/aromatic N) is 1. The van der Waals surface area contributed by atoms with Crippen molar-refractivity contribution in [1.82, 2.24) is 0 Å². The average molecular weight is 249 g/mol. The second kappa shape index (κ2) is 4.91. The smallest absolute Gasteiger partial charge is 0.335 e. The van der Waals surface area contributed by atoms with Crippen molar-refractivity contribution in [2.24, 2.45) is 0 Å². The van der Waals surface area contributed by atoms with Gasteiger partial charge in [-0.2, -0.15) is 0 Å². The van der Waals surface area contributed by atoms with E-state index in [0.29, 0.717) is 12.2 Å². The number of halogens is 1. The van der Waals surface area contributed by atoms with Crippen molar-refractivity contribution in [2.75, 3.05) is 11.9 Å². The molecule has 0 fully saturated rings. The molecule has 0 radical (unpaired) electrons. The first-order chi connectivity index (χ1) is 8.58. The highest BCUT2D eigenvalue weighted by Gasteiger charge is 2.12. The van der Waals surface area contributed by atoms with E-state index in [1.807, 2.05) is 0 Å². The van der Waals surface area contributed by atoms with Crippen molar-refractivity contribution in [2.45, 2.75) is 6.54 Å². The van der Waals surface area contributed by atoms with Gasteiger partial charge in [0.15, 0.2) is 0 Å². The minimum atomic E-state index is -1.14. The van der Waals surface area contributed by atoms with Crippen LogP contribution in [-0.4, -0.2) is 18.1 Å². The number of aromatic carboxylic acids is 1. The Bertz CT molecular complexity index is 551. The SMILES string of the molecule is CN(Cc1ccoc1)c1ccc(C(=O)O)cc1F. The fraction of sp³-hybridized carbons (Fsp3) is 0.154. The lowest BCUT2D eigenvalue weighted by Crippen LogP contribution is -2.17. The predicted molar refractivity (Wildman–Crippen MR) is 64.2 cm³/mol. The standard InChI is InChI=1S/C13H12FNO3/c1-15(7-9-4-5-18-8-9)12-3-2-10(13(16)17)6-11(12)14/h2-6,8H,7H2,1H3,(H,16,17). The third kappa shape index (κ3) is 2.51. The summed E-state index contributed by atoms with van der Waals surface area (Å²) in [5, 5.41) is 8.75. The quantitative estimate of drug-likeness (QED) is 0.905. The molecule has 5 heteroatoms. The van der Waals surface area contributed by atoms with Gasteiger partial charge in [-0.25, -0.2) is 9.18 Å². The summed E-state index contributed by atoms with van der Waals surface area (Å²) in [4.78, 5) is 12.4. The van der Waals surface area contributed by atoms with Crippen molar-refractivity contribution in [1.29, 1.82) is 0 Å². The average Bonchev–Trinajstić information content (AvgIpc) is 2.81. The molecular weight excluding hydrogens is 237 g/mol. The van der Waals surface area contributed by atoms with Crippen LogP contribution < -0.4 is 4.90 Å². The number of hydrogen-bond acceptors (Lipinski definition) is 3. The maximum Gasteiger partial charge on any atom is 0.335 e. The zero-order chi connectivity index (χ0) is 13.1. The Labute approximate surface area is 103 Å².